The fourth-order valence-electron chi connectivity index (χ4n) is 3.32. The molecule has 22 heavy (non-hydrogen) atoms. The number of hydrogen-bond acceptors (Lipinski definition) is 0. The molecule has 0 rings (SSSR count). The minimum atomic E-state index is 0.562. The Labute approximate surface area is 142 Å². The summed E-state index contributed by atoms with van der Waals surface area (Å²) in [5.74, 6) is 0. The van der Waals surface area contributed by atoms with E-state index in [9.17, 15) is 0 Å². The van der Waals surface area contributed by atoms with E-state index in [1.807, 2.05) is 0 Å². The monoisotopic (exact) mass is 308 g/mol. The highest BCUT2D eigenvalue weighted by molar-refractivity contribution is 4.77. The Bertz CT molecular complexity index is 230. The summed E-state index contributed by atoms with van der Waals surface area (Å²) in [6.45, 7) is 11.0. The van der Waals surface area contributed by atoms with Crippen molar-refractivity contribution in [1.29, 1.82) is 0 Å². The van der Waals surface area contributed by atoms with Crippen molar-refractivity contribution in [2.75, 3.05) is 0 Å². The molecule has 0 bridgehead atoms. The quantitative estimate of drug-likeness (QED) is 0.187. The van der Waals surface area contributed by atoms with E-state index in [1.54, 1.807) is 0 Å². The van der Waals surface area contributed by atoms with E-state index in [1.165, 1.54) is 103 Å². The largest absolute Gasteiger partial charge is 0.103 e. The summed E-state index contributed by atoms with van der Waals surface area (Å²) in [6.07, 6.45) is 24.7. The zero-order valence-electron chi connectivity index (χ0n) is 16.1. The molecule has 0 fully saturated rings. The van der Waals surface area contributed by atoms with E-state index in [0.29, 0.717) is 5.41 Å². The Morgan fingerprint density at radius 2 is 1.14 bits per heavy atom. The van der Waals surface area contributed by atoms with Crippen LogP contribution < -0.4 is 0 Å². The van der Waals surface area contributed by atoms with E-state index in [2.05, 4.69) is 33.4 Å². The third-order valence-electron chi connectivity index (χ3n) is 5.44. The van der Waals surface area contributed by atoms with Crippen LogP contribution in [-0.2, 0) is 0 Å². The van der Waals surface area contributed by atoms with Crippen molar-refractivity contribution in [3.63, 3.8) is 0 Å². The smallest absolute Gasteiger partial charge is 0.0326 e. The topological polar surface area (TPSA) is 0 Å². The van der Waals surface area contributed by atoms with Crippen LogP contribution in [0, 0.1) is 5.41 Å². The van der Waals surface area contributed by atoms with Crippen LogP contribution in [0.3, 0.4) is 0 Å². The molecule has 0 saturated carbocycles. The van der Waals surface area contributed by atoms with Crippen LogP contribution in [0.4, 0.5) is 0 Å². The molecule has 0 spiro atoms. The van der Waals surface area contributed by atoms with Gasteiger partial charge in [-0.3, -0.25) is 0 Å². The predicted octanol–water partition coefficient (Wildman–Crippen LogP) is 8.46. The number of unbranched alkanes of at least 4 members (excludes halogenated alkanes) is 11. The van der Waals surface area contributed by atoms with Gasteiger partial charge in [0.15, 0.2) is 0 Å². The molecule has 0 heteroatoms. The molecule has 132 valence electrons. The highest BCUT2D eigenvalue weighted by atomic mass is 14.3. The van der Waals surface area contributed by atoms with Gasteiger partial charge >= 0.3 is 0 Å². The maximum Gasteiger partial charge on any atom is -0.0326 e. The summed E-state index contributed by atoms with van der Waals surface area (Å²) in [7, 11) is 0. The molecular weight excluding hydrogens is 264 g/mol. The van der Waals surface area contributed by atoms with Gasteiger partial charge in [-0.2, -0.15) is 0 Å². The molecule has 0 aromatic heterocycles. The van der Waals surface area contributed by atoms with Crippen molar-refractivity contribution in [3.05, 3.63) is 12.7 Å². The summed E-state index contributed by atoms with van der Waals surface area (Å²) in [4.78, 5) is 0. The minimum Gasteiger partial charge on any atom is -0.103 e. The first-order valence-corrected chi connectivity index (χ1v) is 10.3. The van der Waals surface area contributed by atoms with E-state index in [-0.39, 0.29) is 0 Å². The average molecular weight is 309 g/mol. The zero-order valence-corrected chi connectivity index (χ0v) is 16.1. The lowest BCUT2D eigenvalue weighted by Crippen LogP contribution is -2.14. The maximum absolute atomic E-state index is 3.86. The van der Waals surface area contributed by atoms with Gasteiger partial charge in [0.05, 0.1) is 0 Å². The Hall–Kier alpha value is -0.260. The van der Waals surface area contributed by atoms with Gasteiger partial charge in [-0.25, -0.2) is 0 Å². The zero-order chi connectivity index (χ0) is 16.5. The summed E-state index contributed by atoms with van der Waals surface area (Å²) in [5.41, 5.74) is 0.562. The van der Waals surface area contributed by atoms with Crippen molar-refractivity contribution >= 4 is 0 Å². The van der Waals surface area contributed by atoms with Crippen molar-refractivity contribution in [2.24, 2.45) is 5.41 Å². The van der Waals surface area contributed by atoms with E-state index in [0.717, 1.165) is 0 Å². The first-order valence-electron chi connectivity index (χ1n) is 10.3. The normalized spacial score (nSPS) is 14.0. The second-order valence-corrected chi connectivity index (χ2v) is 7.63. The molecule has 0 aliphatic carbocycles. The van der Waals surface area contributed by atoms with Gasteiger partial charge < -0.3 is 0 Å². The molecule has 0 N–H and O–H groups in total. The number of allylic oxidation sites excluding steroid dienone is 1. The first-order chi connectivity index (χ1) is 10.7. The van der Waals surface area contributed by atoms with Gasteiger partial charge in [0.1, 0.15) is 0 Å². The molecule has 0 nitrogen and oxygen atoms in total. The van der Waals surface area contributed by atoms with E-state index in [4.69, 9.17) is 0 Å². The number of rotatable bonds is 17. The van der Waals surface area contributed by atoms with Crippen LogP contribution >= 0.6 is 0 Å². The summed E-state index contributed by atoms with van der Waals surface area (Å²) in [5, 5.41) is 0. The molecule has 0 aromatic carbocycles. The Morgan fingerprint density at radius 3 is 1.55 bits per heavy atom. The van der Waals surface area contributed by atoms with Gasteiger partial charge in [0.2, 0.25) is 0 Å². The SMILES string of the molecule is C=CCCC(C)(CC)CCCCCCCCCCCCCC. The molecular formula is C22H44. The minimum absolute atomic E-state index is 0.562. The average Bonchev–Trinajstić information content (AvgIpc) is 2.54. The van der Waals surface area contributed by atoms with Crippen LogP contribution in [0.1, 0.15) is 124 Å². The Morgan fingerprint density at radius 1 is 0.682 bits per heavy atom. The molecule has 0 amide bonds. The van der Waals surface area contributed by atoms with E-state index >= 15 is 0 Å². The van der Waals surface area contributed by atoms with Crippen LogP contribution in [0.15, 0.2) is 12.7 Å². The van der Waals surface area contributed by atoms with Crippen molar-refractivity contribution in [1.82, 2.24) is 0 Å². The molecule has 0 heterocycles. The lowest BCUT2D eigenvalue weighted by Gasteiger charge is -2.27. The van der Waals surface area contributed by atoms with E-state index < -0.39 is 0 Å². The molecule has 1 unspecified atom stereocenters. The fourth-order valence-corrected chi connectivity index (χ4v) is 3.32. The van der Waals surface area contributed by atoms with Crippen molar-refractivity contribution in [3.8, 4) is 0 Å². The van der Waals surface area contributed by atoms with Crippen LogP contribution in [0.25, 0.3) is 0 Å². The lowest BCUT2D eigenvalue weighted by atomic mass is 9.78. The molecule has 0 aromatic rings. The fraction of sp³-hybridized carbons (Fsp3) is 0.909. The second-order valence-electron chi connectivity index (χ2n) is 7.63. The van der Waals surface area contributed by atoms with Gasteiger partial charge in [0, 0.05) is 0 Å². The second kappa shape index (κ2) is 15.6. The van der Waals surface area contributed by atoms with Crippen LogP contribution in [0.5, 0.6) is 0 Å². The highest BCUT2D eigenvalue weighted by Gasteiger charge is 2.20. The summed E-state index contributed by atoms with van der Waals surface area (Å²) < 4.78 is 0. The Balaban J connectivity index is 3.33. The van der Waals surface area contributed by atoms with Crippen LogP contribution in [-0.4, -0.2) is 0 Å². The summed E-state index contributed by atoms with van der Waals surface area (Å²) >= 11 is 0. The van der Waals surface area contributed by atoms with Crippen LogP contribution in [0.2, 0.25) is 0 Å². The van der Waals surface area contributed by atoms with Gasteiger partial charge in [0.25, 0.3) is 0 Å². The molecule has 0 saturated heterocycles. The third kappa shape index (κ3) is 13.4. The maximum atomic E-state index is 3.86. The first kappa shape index (κ1) is 21.7. The van der Waals surface area contributed by atoms with Crippen molar-refractivity contribution in [2.45, 2.75) is 124 Å². The van der Waals surface area contributed by atoms with Gasteiger partial charge in [-0.05, 0) is 24.7 Å². The van der Waals surface area contributed by atoms with Gasteiger partial charge in [-0.15, -0.1) is 6.58 Å². The van der Waals surface area contributed by atoms with Gasteiger partial charge in [-0.1, -0.05) is 110 Å². The molecule has 0 aliphatic rings. The Kier molecular flexibility index (Phi) is 15.4. The molecule has 0 radical (unpaired) electrons. The third-order valence-corrected chi connectivity index (χ3v) is 5.44. The molecule has 1 atom stereocenters. The lowest BCUT2D eigenvalue weighted by molar-refractivity contribution is 0.252. The predicted molar refractivity (Wildman–Crippen MR) is 104 cm³/mol. The van der Waals surface area contributed by atoms with Crippen molar-refractivity contribution < 1.29 is 0 Å². The standard InChI is InChI=1S/C22H44/c1-5-8-10-11-12-13-14-15-16-17-18-19-21-22(4,7-3)20-9-6-2/h6H,2,5,7-21H2,1,3-4H3. The number of hydrogen-bond donors (Lipinski definition) is 0. The summed E-state index contributed by atoms with van der Waals surface area (Å²) in [6, 6.07) is 0. The molecule has 0 aliphatic heterocycles. The highest BCUT2D eigenvalue weighted by Crippen LogP contribution is 2.33.